The number of ketones is 1. The molecule has 0 saturated heterocycles. The highest BCUT2D eigenvalue weighted by atomic mass is 32.2. The number of rotatable bonds is 4. The Bertz CT molecular complexity index is 610. The molecule has 0 bridgehead atoms. The van der Waals surface area contributed by atoms with Crippen molar-refractivity contribution in [2.75, 3.05) is 12.0 Å². The summed E-state index contributed by atoms with van der Waals surface area (Å²) in [4.78, 5) is 11.3. The average Bonchev–Trinajstić information content (AvgIpc) is 2.31. The molecule has 0 aliphatic heterocycles. The molecule has 0 fully saturated rings. The van der Waals surface area contributed by atoms with Crippen LogP contribution >= 0.6 is 0 Å². The molecule has 0 unspecified atom stereocenters. The van der Waals surface area contributed by atoms with Gasteiger partial charge in [-0.1, -0.05) is 0 Å². The largest absolute Gasteiger partial charge is 0.294 e. The predicted octanol–water partition coefficient (Wildman–Crippen LogP) is 2.00. The summed E-state index contributed by atoms with van der Waals surface area (Å²) >= 11 is 0. The number of benzene rings is 1. The Morgan fingerprint density at radius 3 is 1.63 bits per heavy atom. The Morgan fingerprint density at radius 2 is 1.26 bits per heavy atom. The molecule has 0 atom stereocenters. The van der Waals surface area contributed by atoms with E-state index in [0.29, 0.717) is 0 Å². The summed E-state index contributed by atoms with van der Waals surface area (Å²) in [5.41, 5.74) is -1.62. The maximum atomic E-state index is 13.2. The molecule has 3 nitrogen and oxygen atoms in total. The predicted molar refractivity (Wildman–Crippen MR) is 54.9 cm³/mol. The summed E-state index contributed by atoms with van der Waals surface area (Å²) in [5, 5.41) is 0. The van der Waals surface area contributed by atoms with E-state index in [-0.39, 0.29) is 0 Å². The van der Waals surface area contributed by atoms with Gasteiger partial charge in [0.1, 0.15) is 9.84 Å². The van der Waals surface area contributed by atoms with Crippen LogP contribution in [0.2, 0.25) is 0 Å². The molecule has 0 saturated carbocycles. The molecule has 9 heteroatoms. The molecule has 19 heavy (non-hydrogen) atoms. The molecule has 106 valence electrons. The normalized spacial score (nSPS) is 11.7. The zero-order valence-electron chi connectivity index (χ0n) is 9.44. The molecule has 0 radical (unpaired) electrons. The van der Waals surface area contributed by atoms with E-state index >= 15 is 0 Å². The van der Waals surface area contributed by atoms with Crippen LogP contribution in [0.3, 0.4) is 0 Å². The fourth-order valence-corrected chi connectivity index (χ4v) is 1.81. The van der Waals surface area contributed by atoms with Gasteiger partial charge < -0.3 is 0 Å². The zero-order chi connectivity index (χ0) is 15.0. The molecule has 1 aromatic rings. The molecule has 0 aromatic heterocycles. The summed E-state index contributed by atoms with van der Waals surface area (Å²) in [6.07, 6.45) is -0.115. The van der Waals surface area contributed by atoms with E-state index in [0.717, 1.165) is 6.26 Å². The second kappa shape index (κ2) is 5.24. The van der Waals surface area contributed by atoms with Crippen LogP contribution in [0.25, 0.3) is 0 Å². The Hall–Kier alpha value is -1.51. The molecule has 0 heterocycles. The third-order valence-corrected chi connectivity index (χ3v) is 3.13. The van der Waals surface area contributed by atoms with Crippen molar-refractivity contribution < 1.29 is 35.2 Å². The van der Waals surface area contributed by atoms with E-state index < -0.39 is 62.4 Å². The first kappa shape index (κ1) is 15.5. The minimum atomic E-state index is -3.61. The van der Waals surface area contributed by atoms with Gasteiger partial charge in [-0.15, -0.1) is 0 Å². The van der Waals surface area contributed by atoms with Gasteiger partial charge in [0.05, 0.1) is 11.3 Å². The fourth-order valence-electron chi connectivity index (χ4n) is 1.25. The molecule has 1 aromatic carbocycles. The van der Waals surface area contributed by atoms with Crippen LogP contribution in [0.1, 0.15) is 16.8 Å². The average molecular weight is 302 g/mol. The summed E-state index contributed by atoms with van der Waals surface area (Å²) in [5.74, 6) is -13.6. The highest BCUT2D eigenvalue weighted by Crippen LogP contribution is 2.24. The van der Waals surface area contributed by atoms with Gasteiger partial charge >= 0.3 is 0 Å². The smallest absolute Gasteiger partial charge is 0.200 e. The number of Topliss-reactive ketones (excluding diaryl/α,β-unsaturated/α-hetero) is 1. The van der Waals surface area contributed by atoms with Crippen LogP contribution in [0.4, 0.5) is 22.0 Å². The zero-order valence-corrected chi connectivity index (χ0v) is 10.3. The van der Waals surface area contributed by atoms with Crippen LogP contribution in [-0.2, 0) is 9.84 Å². The molecule has 0 aliphatic rings. The lowest BCUT2D eigenvalue weighted by Crippen LogP contribution is -2.16. The Labute approximate surface area is 105 Å². The first-order chi connectivity index (χ1) is 8.56. The number of hydrogen-bond acceptors (Lipinski definition) is 3. The van der Waals surface area contributed by atoms with Crippen LogP contribution in [0.15, 0.2) is 0 Å². The summed E-state index contributed by atoms with van der Waals surface area (Å²) < 4.78 is 86.2. The van der Waals surface area contributed by atoms with Gasteiger partial charge in [-0.05, 0) is 0 Å². The first-order valence-corrected chi connectivity index (χ1v) is 6.84. The topological polar surface area (TPSA) is 51.2 Å². The summed E-state index contributed by atoms with van der Waals surface area (Å²) in [6, 6.07) is 0. The maximum Gasteiger partial charge on any atom is 0.200 e. The number of carbonyl (C=O) groups is 1. The lowest BCUT2D eigenvalue weighted by molar-refractivity contribution is 0.0977. The number of hydrogen-bond donors (Lipinski definition) is 0. The second-order valence-electron chi connectivity index (χ2n) is 3.75. The second-order valence-corrected chi connectivity index (χ2v) is 6.01. The first-order valence-electron chi connectivity index (χ1n) is 4.78. The van der Waals surface area contributed by atoms with Crippen LogP contribution in [0, 0.1) is 29.1 Å². The monoisotopic (exact) mass is 302 g/mol. The Morgan fingerprint density at radius 1 is 0.895 bits per heavy atom. The van der Waals surface area contributed by atoms with Gasteiger partial charge in [0.2, 0.25) is 5.82 Å². The molecular formula is C10H7F5O3S. The van der Waals surface area contributed by atoms with Crippen molar-refractivity contribution in [3.63, 3.8) is 0 Å². The maximum absolute atomic E-state index is 13.2. The van der Waals surface area contributed by atoms with Crippen LogP contribution in [0.5, 0.6) is 0 Å². The van der Waals surface area contributed by atoms with E-state index in [1.54, 1.807) is 0 Å². The number of halogens is 5. The van der Waals surface area contributed by atoms with Crippen molar-refractivity contribution in [1.29, 1.82) is 0 Å². The van der Waals surface area contributed by atoms with Gasteiger partial charge in [0, 0.05) is 12.7 Å². The third kappa shape index (κ3) is 3.28. The Balaban J connectivity index is 3.25. The highest BCUT2D eigenvalue weighted by Gasteiger charge is 2.29. The van der Waals surface area contributed by atoms with Crippen LogP contribution < -0.4 is 0 Å². The van der Waals surface area contributed by atoms with E-state index in [9.17, 15) is 35.2 Å². The lowest BCUT2D eigenvalue weighted by atomic mass is 10.1. The van der Waals surface area contributed by atoms with E-state index in [4.69, 9.17) is 0 Å². The van der Waals surface area contributed by atoms with Gasteiger partial charge in [0.25, 0.3) is 0 Å². The summed E-state index contributed by atoms with van der Waals surface area (Å²) in [7, 11) is -3.61. The third-order valence-electron chi connectivity index (χ3n) is 2.19. The van der Waals surface area contributed by atoms with E-state index in [1.165, 1.54) is 0 Å². The summed E-state index contributed by atoms with van der Waals surface area (Å²) in [6.45, 7) is 0. The van der Waals surface area contributed by atoms with Gasteiger partial charge in [-0.3, -0.25) is 4.79 Å². The number of carbonyl (C=O) groups excluding carboxylic acids is 1. The van der Waals surface area contributed by atoms with Crippen molar-refractivity contribution in [3.8, 4) is 0 Å². The molecule has 1 rings (SSSR count). The van der Waals surface area contributed by atoms with Crippen molar-refractivity contribution in [1.82, 2.24) is 0 Å². The molecule has 0 amide bonds. The minimum Gasteiger partial charge on any atom is -0.294 e. The van der Waals surface area contributed by atoms with Crippen molar-refractivity contribution in [2.24, 2.45) is 0 Å². The SMILES string of the molecule is CS(=O)(=O)CCC(=O)c1c(F)c(F)c(F)c(F)c1F. The van der Waals surface area contributed by atoms with Gasteiger partial charge in [-0.25, -0.2) is 30.4 Å². The van der Waals surface area contributed by atoms with Gasteiger partial charge in [0.15, 0.2) is 29.1 Å². The van der Waals surface area contributed by atoms with E-state index in [2.05, 4.69) is 0 Å². The Kier molecular flexibility index (Phi) is 4.28. The van der Waals surface area contributed by atoms with Crippen molar-refractivity contribution in [2.45, 2.75) is 6.42 Å². The van der Waals surface area contributed by atoms with Crippen molar-refractivity contribution >= 4 is 15.6 Å². The molecule has 0 N–H and O–H groups in total. The van der Waals surface area contributed by atoms with Crippen molar-refractivity contribution in [3.05, 3.63) is 34.6 Å². The lowest BCUT2D eigenvalue weighted by Gasteiger charge is -2.06. The fraction of sp³-hybridized carbons (Fsp3) is 0.300. The van der Waals surface area contributed by atoms with E-state index in [1.807, 2.05) is 0 Å². The van der Waals surface area contributed by atoms with Crippen LogP contribution in [-0.4, -0.2) is 26.2 Å². The standard InChI is InChI=1S/C10H7F5O3S/c1-19(17,18)3-2-4(16)5-6(11)8(13)10(15)9(14)7(5)12/h2-3H2,1H3. The molecular weight excluding hydrogens is 295 g/mol. The highest BCUT2D eigenvalue weighted by molar-refractivity contribution is 7.90. The molecule has 0 aliphatic carbocycles. The number of sulfone groups is 1. The minimum absolute atomic E-state index is 0.759. The van der Waals surface area contributed by atoms with Gasteiger partial charge in [-0.2, -0.15) is 0 Å². The quantitative estimate of drug-likeness (QED) is 0.370. The molecule has 0 spiro atoms.